The van der Waals surface area contributed by atoms with Crippen LogP contribution in [0.15, 0.2) is 61.1 Å². The van der Waals surface area contributed by atoms with Gasteiger partial charge in [0.15, 0.2) is 5.82 Å². The number of nitrogens with one attached hydrogen (secondary N) is 3. The molecule has 4 aromatic rings. The van der Waals surface area contributed by atoms with Gasteiger partial charge in [0.2, 0.25) is 0 Å². The van der Waals surface area contributed by atoms with Gasteiger partial charge >= 0.3 is 0 Å². The monoisotopic (exact) mass is 448 g/mol. The predicted molar refractivity (Wildman–Crippen MR) is 135 cm³/mol. The van der Waals surface area contributed by atoms with E-state index >= 15 is 0 Å². The molecule has 2 aromatic heterocycles. The number of para-hydroxylation sites is 1. The average molecular weight is 449 g/mol. The number of imidazole rings is 1. The van der Waals surface area contributed by atoms with E-state index in [1.807, 2.05) is 38.1 Å². The number of halogens is 1. The molecule has 2 aromatic carbocycles. The fourth-order valence-corrected chi connectivity index (χ4v) is 3.76. The number of rotatable bonds is 9. The molecular formula is C26H33FN6. The van der Waals surface area contributed by atoms with Crippen LogP contribution in [0.25, 0.3) is 33.7 Å². The third kappa shape index (κ3) is 5.42. The molecule has 0 radical (unpaired) electrons. The zero-order valence-electron chi connectivity index (χ0n) is 19.9. The Balaban J connectivity index is 0.00000149. The number of aromatic amines is 2. The van der Waals surface area contributed by atoms with E-state index in [0.29, 0.717) is 5.82 Å². The Bertz CT molecular complexity index is 1190. The largest absolute Gasteiger partial charge is 0.359 e. The second-order valence-electron chi connectivity index (χ2n) is 7.51. The van der Waals surface area contributed by atoms with Crippen molar-refractivity contribution in [3.63, 3.8) is 0 Å². The van der Waals surface area contributed by atoms with Crippen LogP contribution in [0.4, 0.5) is 10.1 Å². The van der Waals surface area contributed by atoms with E-state index in [9.17, 15) is 4.39 Å². The first kappa shape index (κ1) is 24.0. The van der Waals surface area contributed by atoms with E-state index in [1.54, 1.807) is 12.3 Å². The predicted octanol–water partition coefficient (Wildman–Crippen LogP) is 6.79. The summed E-state index contributed by atoms with van der Waals surface area (Å²) in [6, 6.07) is 12.4. The van der Waals surface area contributed by atoms with Gasteiger partial charge in [-0.25, -0.2) is 9.37 Å². The number of anilines is 1. The van der Waals surface area contributed by atoms with E-state index in [-0.39, 0.29) is 5.82 Å². The highest BCUT2D eigenvalue weighted by atomic mass is 19.1. The summed E-state index contributed by atoms with van der Waals surface area (Å²) < 4.78 is 13.8. The molecule has 0 bridgehead atoms. The van der Waals surface area contributed by atoms with Crippen LogP contribution >= 0.6 is 0 Å². The molecule has 0 aliphatic heterocycles. The van der Waals surface area contributed by atoms with Crippen LogP contribution in [-0.4, -0.2) is 38.2 Å². The second-order valence-corrected chi connectivity index (χ2v) is 7.51. The van der Waals surface area contributed by atoms with Crippen molar-refractivity contribution in [2.45, 2.75) is 40.5 Å². The first-order valence-corrected chi connectivity index (χ1v) is 11.6. The quantitative estimate of drug-likeness (QED) is 0.264. The summed E-state index contributed by atoms with van der Waals surface area (Å²) in [7, 11) is 0. The Morgan fingerprint density at radius 2 is 1.82 bits per heavy atom. The van der Waals surface area contributed by atoms with Crippen LogP contribution in [0.1, 0.15) is 40.5 Å². The number of aromatic nitrogens is 4. The van der Waals surface area contributed by atoms with E-state index in [1.165, 1.54) is 12.1 Å². The molecule has 0 amide bonds. The maximum absolute atomic E-state index is 13.8. The van der Waals surface area contributed by atoms with Gasteiger partial charge in [0.1, 0.15) is 11.5 Å². The fraction of sp³-hybridized carbons (Fsp3) is 0.308. The Kier molecular flexibility index (Phi) is 8.24. The highest BCUT2D eigenvalue weighted by Gasteiger charge is 2.16. The molecule has 0 saturated heterocycles. The van der Waals surface area contributed by atoms with Gasteiger partial charge in [-0.15, -0.1) is 0 Å². The van der Waals surface area contributed by atoms with Crippen LogP contribution in [0.3, 0.4) is 0 Å². The topological polar surface area (TPSA) is 72.6 Å². The van der Waals surface area contributed by atoms with E-state index < -0.39 is 0 Å². The summed E-state index contributed by atoms with van der Waals surface area (Å²) in [6.07, 6.45) is 3.83. The highest BCUT2D eigenvalue weighted by molar-refractivity contribution is 5.94. The number of fused-ring (bicyclic) bond motifs is 1. The first-order chi connectivity index (χ1) is 16.1. The van der Waals surface area contributed by atoms with Gasteiger partial charge in [-0.05, 0) is 36.6 Å². The van der Waals surface area contributed by atoms with Crippen LogP contribution in [0.2, 0.25) is 0 Å². The molecule has 0 aliphatic rings. The van der Waals surface area contributed by atoms with Crippen LogP contribution < -0.4 is 5.32 Å². The molecule has 4 rings (SSSR count). The molecular weight excluding hydrogens is 415 g/mol. The minimum atomic E-state index is -0.271. The van der Waals surface area contributed by atoms with Gasteiger partial charge < -0.3 is 15.2 Å². The van der Waals surface area contributed by atoms with Gasteiger partial charge in [-0.1, -0.05) is 58.5 Å². The highest BCUT2D eigenvalue weighted by Crippen LogP contribution is 2.32. The molecule has 0 spiro atoms. The molecule has 0 aliphatic carbocycles. The lowest BCUT2D eigenvalue weighted by atomic mass is 10.0. The molecule has 0 atom stereocenters. The molecule has 7 heteroatoms. The van der Waals surface area contributed by atoms with Gasteiger partial charge in [0, 0.05) is 18.7 Å². The van der Waals surface area contributed by atoms with Crippen molar-refractivity contribution in [3.8, 4) is 22.6 Å². The summed E-state index contributed by atoms with van der Waals surface area (Å²) in [5, 5.41) is 10.6. The number of benzene rings is 2. The second kappa shape index (κ2) is 11.3. The van der Waals surface area contributed by atoms with Crippen LogP contribution in [0.5, 0.6) is 0 Å². The summed E-state index contributed by atoms with van der Waals surface area (Å²) in [6.45, 7) is 14.4. The van der Waals surface area contributed by atoms with Crippen molar-refractivity contribution >= 4 is 16.7 Å². The Labute approximate surface area is 194 Å². The van der Waals surface area contributed by atoms with Gasteiger partial charge in [-0.2, -0.15) is 5.10 Å². The van der Waals surface area contributed by atoms with Crippen molar-refractivity contribution in [3.05, 3.63) is 66.9 Å². The number of hydrogen-bond donors (Lipinski definition) is 3. The normalized spacial score (nSPS) is 10.6. The molecule has 0 saturated carbocycles. The van der Waals surface area contributed by atoms with Crippen molar-refractivity contribution in [1.82, 2.24) is 25.1 Å². The van der Waals surface area contributed by atoms with Gasteiger partial charge in [-0.3, -0.25) is 5.10 Å². The Morgan fingerprint density at radius 3 is 2.52 bits per heavy atom. The number of hydrogen-bond acceptors (Lipinski definition) is 4. The number of H-pyrrole nitrogens is 2. The molecule has 174 valence electrons. The van der Waals surface area contributed by atoms with E-state index in [0.717, 1.165) is 65.3 Å². The lowest BCUT2D eigenvalue weighted by Gasteiger charge is -2.26. The van der Waals surface area contributed by atoms with Crippen molar-refractivity contribution in [1.29, 1.82) is 0 Å². The number of nitrogens with zero attached hydrogens (tertiary/aromatic N) is 3. The molecule has 33 heavy (non-hydrogen) atoms. The summed E-state index contributed by atoms with van der Waals surface area (Å²) in [5.41, 5.74) is 4.85. The standard InChI is InChI=1S/C24H27FN6.C2H6/c1-4-12-31(13-5-2)16(3)27-21-15-26-30-23(21)24-28-20-11-7-10-19(22(20)29-24)17-8-6-9-18(25)14-17;1-2/h6-11,14-15,27H,3-5,12-13H2,1-2H3,(H,26,30)(H,28,29);1-2H3. The van der Waals surface area contributed by atoms with Crippen molar-refractivity contribution in [2.75, 3.05) is 18.4 Å². The van der Waals surface area contributed by atoms with Gasteiger partial charge in [0.25, 0.3) is 0 Å². The maximum Gasteiger partial charge on any atom is 0.158 e. The third-order valence-electron chi connectivity index (χ3n) is 5.17. The third-order valence-corrected chi connectivity index (χ3v) is 5.17. The fourth-order valence-electron chi connectivity index (χ4n) is 3.76. The molecule has 0 unspecified atom stereocenters. The lowest BCUT2D eigenvalue weighted by Crippen LogP contribution is -2.28. The smallest absolute Gasteiger partial charge is 0.158 e. The zero-order valence-corrected chi connectivity index (χ0v) is 19.9. The average Bonchev–Trinajstić information content (AvgIpc) is 3.46. The van der Waals surface area contributed by atoms with E-state index in [4.69, 9.17) is 4.98 Å². The van der Waals surface area contributed by atoms with Crippen molar-refractivity contribution < 1.29 is 4.39 Å². The minimum absolute atomic E-state index is 0.271. The van der Waals surface area contributed by atoms with Crippen LogP contribution in [-0.2, 0) is 0 Å². The zero-order chi connectivity index (χ0) is 23.8. The van der Waals surface area contributed by atoms with Crippen molar-refractivity contribution in [2.24, 2.45) is 0 Å². The Morgan fingerprint density at radius 1 is 1.09 bits per heavy atom. The molecule has 2 heterocycles. The SMILES string of the molecule is C=C(Nc1cn[nH]c1-c1nc2c(-c3cccc(F)c3)cccc2[nH]1)N(CCC)CCC.CC. The molecule has 0 fully saturated rings. The lowest BCUT2D eigenvalue weighted by molar-refractivity contribution is 0.349. The Hall–Kier alpha value is -3.61. The first-order valence-electron chi connectivity index (χ1n) is 11.6. The summed E-state index contributed by atoms with van der Waals surface area (Å²) in [5.74, 6) is 1.22. The molecule has 6 nitrogen and oxygen atoms in total. The summed E-state index contributed by atoms with van der Waals surface area (Å²) >= 11 is 0. The minimum Gasteiger partial charge on any atom is -0.359 e. The molecule has 3 N–H and O–H groups in total. The van der Waals surface area contributed by atoms with Crippen LogP contribution in [0, 0.1) is 5.82 Å². The van der Waals surface area contributed by atoms with E-state index in [2.05, 4.69) is 45.8 Å². The summed E-state index contributed by atoms with van der Waals surface area (Å²) in [4.78, 5) is 10.4. The maximum atomic E-state index is 13.8. The van der Waals surface area contributed by atoms with Gasteiger partial charge in [0.05, 0.1) is 28.7 Å².